The van der Waals surface area contributed by atoms with Crippen LogP contribution >= 0.6 is 0 Å². The molecule has 0 saturated heterocycles. The lowest BCUT2D eigenvalue weighted by Crippen LogP contribution is -2.17. The van der Waals surface area contributed by atoms with Crippen LogP contribution in [0.1, 0.15) is 74.2 Å². The van der Waals surface area contributed by atoms with Crippen molar-refractivity contribution < 1.29 is 14.5 Å². The zero-order valence-electron chi connectivity index (χ0n) is 18.1. The molecule has 7 nitrogen and oxygen atoms in total. The van der Waals surface area contributed by atoms with Gasteiger partial charge in [-0.25, -0.2) is 5.43 Å². The normalized spacial score (nSPS) is 10.9. The highest BCUT2D eigenvalue weighted by atomic mass is 16.6. The maximum atomic E-state index is 12.2. The van der Waals surface area contributed by atoms with E-state index < -0.39 is 4.92 Å². The smallest absolute Gasteiger partial charge is 0.271 e. The van der Waals surface area contributed by atoms with Crippen molar-refractivity contribution in [3.63, 3.8) is 0 Å². The van der Waals surface area contributed by atoms with Crippen LogP contribution in [0.5, 0.6) is 5.75 Å². The number of amides is 1. The second-order valence-electron chi connectivity index (χ2n) is 7.40. The molecule has 0 aromatic heterocycles. The first-order valence-corrected chi connectivity index (χ1v) is 10.9. The van der Waals surface area contributed by atoms with E-state index in [9.17, 15) is 14.9 Å². The van der Waals surface area contributed by atoms with Crippen molar-refractivity contribution in [2.24, 2.45) is 5.10 Å². The van der Waals surface area contributed by atoms with Crippen molar-refractivity contribution in [2.75, 3.05) is 6.61 Å². The van der Waals surface area contributed by atoms with E-state index in [1.54, 1.807) is 36.4 Å². The van der Waals surface area contributed by atoms with Crippen molar-refractivity contribution in [1.29, 1.82) is 0 Å². The second kappa shape index (κ2) is 13.9. The molecule has 0 aliphatic rings. The number of rotatable bonds is 14. The summed E-state index contributed by atoms with van der Waals surface area (Å²) in [5.74, 6) is 0.371. The minimum absolute atomic E-state index is 0.0298. The highest BCUT2D eigenvalue weighted by Crippen LogP contribution is 2.14. The van der Waals surface area contributed by atoms with Gasteiger partial charge in [-0.2, -0.15) is 5.10 Å². The molecule has 1 amide bonds. The summed E-state index contributed by atoms with van der Waals surface area (Å²) < 4.78 is 5.74. The van der Waals surface area contributed by atoms with E-state index >= 15 is 0 Å². The first kappa shape index (κ1) is 24.1. The Morgan fingerprint density at radius 1 is 1.03 bits per heavy atom. The summed E-state index contributed by atoms with van der Waals surface area (Å²) in [6, 6.07) is 12.9. The Balaban J connectivity index is 1.68. The third-order valence-corrected chi connectivity index (χ3v) is 4.84. The van der Waals surface area contributed by atoms with Gasteiger partial charge >= 0.3 is 0 Å². The SMILES string of the molecule is CCCCCCCCCCOc1ccc(C(=O)NN=Cc2cccc([N+](=O)[O-])c2)cc1. The van der Waals surface area contributed by atoms with E-state index in [0.29, 0.717) is 17.7 Å². The van der Waals surface area contributed by atoms with Crippen molar-refractivity contribution in [3.8, 4) is 5.75 Å². The maximum absolute atomic E-state index is 12.2. The number of nitro groups is 1. The van der Waals surface area contributed by atoms with Crippen molar-refractivity contribution in [2.45, 2.75) is 58.3 Å². The van der Waals surface area contributed by atoms with Crippen molar-refractivity contribution in [1.82, 2.24) is 5.43 Å². The predicted octanol–water partition coefficient (Wildman–Crippen LogP) is 5.88. The monoisotopic (exact) mass is 425 g/mol. The predicted molar refractivity (Wildman–Crippen MR) is 123 cm³/mol. The van der Waals surface area contributed by atoms with E-state index in [0.717, 1.165) is 12.2 Å². The lowest BCUT2D eigenvalue weighted by atomic mass is 10.1. The molecule has 2 rings (SSSR count). The van der Waals surface area contributed by atoms with Gasteiger partial charge in [0.1, 0.15) is 5.75 Å². The van der Waals surface area contributed by atoms with Gasteiger partial charge in [0.15, 0.2) is 0 Å². The molecule has 0 atom stereocenters. The van der Waals surface area contributed by atoms with Gasteiger partial charge in [0, 0.05) is 23.3 Å². The number of carbonyl (C=O) groups excluding carboxylic acids is 1. The van der Waals surface area contributed by atoms with Crippen LogP contribution in [0, 0.1) is 10.1 Å². The van der Waals surface area contributed by atoms with Gasteiger partial charge in [0.2, 0.25) is 0 Å². The zero-order chi connectivity index (χ0) is 22.3. The van der Waals surface area contributed by atoms with Crippen LogP contribution < -0.4 is 10.2 Å². The van der Waals surface area contributed by atoms with Gasteiger partial charge in [-0.3, -0.25) is 14.9 Å². The number of non-ortho nitro benzene ring substituents is 1. The number of hydrogen-bond donors (Lipinski definition) is 1. The molecule has 166 valence electrons. The van der Waals surface area contributed by atoms with E-state index in [1.165, 1.54) is 63.3 Å². The molecule has 31 heavy (non-hydrogen) atoms. The Hall–Kier alpha value is -3.22. The Kier molecular flexibility index (Phi) is 10.8. The number of unbranched alkanes of at least 4 members (excludes halogenated alkanes) is 7. The highest BCUT2D eigenvalue weighted by Gasteiger charge is 2.06. The zero-order valence-corrected chi connectivity index (χ0v) is 18.1. The third kappa shape index (κ3) is 9.42. The summed E-state index contributed by atoms with van der Waals surface area (Å²) in [6.45, 7) is 2.90. The van der Waals surface area contributed by atoms with Crippen LogP contribution in [0.3, 0.4) is 0 Å². The molecular weight excluding hydrogens is 394 g/mol. The Morgan fingerprint density at radius 3 is 2.39 bits per heavy atom. The Labute approximate surface area is 183 Å². The Bertz CT molecular complexity index is 850. The average molecular weight is 426 g/mol. The summed E-state index contributed by atoms with van der Waals surface area (Å²) >= 11 is 0. The number of carbonyl (C=O) groups is 1. The number of nitrogens with zero attached hydrogens (tertiary/aromatic N) is 2. The van der Waals surface area contributed by atoms with Crippen LogP contribution in [-0.2, 0) is 0 Å². The fourth-order valence-corrected chi connectivity index (χ4v) is 3.08. The minimum atomic E-state index is -0.478. The molecule has 0 aliphatic heterocycles. The summed E-state index contributed by atoms with van der Waals surface area (Å²) in [4.78, 5) is 22.5. The van der Waals surface area contributed by atoms with E-state index in [-0.39, 0.29) is 11.6 Å². The quantitative estimate of drug-likeness (QED) is 0.177. The number of hydrogen-bond acceptors (Lipinski definition) is 5. The van der Waals surface area contributed by atoms with Gasteiger partial charge in [-0.1, -0.05) is 64.0 Å². The van der Waals surface area contributed by atoms with Crippen LogP contribution in [0.15, 0.2) is 53.6 Å². The van der Waals surface area contributed by atoms with Gasteiger partial charge in [-0.05, 0) is 30.7 Å². The maximum Gasteiger partial charge on any atom is 0.271 e. The van der Waals surface area contributed by atoms with E-state index in [4.69, 9.17) is 4.74 Å². The van der Waals surface area contributed by atoms with Gasteiger partial charge in [0.25, 0.3) is 11.6 Å². The molecule has 0 radical (unpaired) electrons. The molecule has 0 saturated carbocycles. The molecule has 0 fully saturated rings. The third-order valence-electron chi connectivity index (χ3n) is 4.84. The standard InChI is InChI=1S/C24H31N3O4/c1-2-3-4-5-6-7-8-9-17-31-23-15-13-21(14-16-23)24(28)26-25-19-20-11-10-12-22(18-20)27(29)30/h10-16,18-19H,2-9,17H2,1H3,(H,26,28). The molecule has 0 unspecified atom stereocenters. The van der Waals surface area contributed by atoms with Gasteiger partial charge in [0.05, 0.1) is 17.7 Å². The van der Waals surface area contributed by atoms with Crippen LogP contribution in [0.4, 0.5) is 5.69 Å². The largest absolute Gasteiger partial charge is 0.494 e. The lowest BCUT2D eigenvalue weighted by molar-refractivity contribution is -0.384. The molecule has 2 aromatic carbocycles. The summed E-state index contributed by atoms with van der Waals surface area (Å²) in [7, 11) is 0. The second-order valence-corrected chi connectivity index (χ2v) is 7.40. The van der Waals surface area contributed by atoms with Crippen molar-refractivity contribution in [3.05, 3.63) is 69.8 Å². The number of ether oxygens (including phenoxy) is 1. The van der Waals surface area contributed by atoms with Gasteiger partial charge in [-0.15, -0.1) is 0 Å². The van der Waals surface area contributed by atoms with Crippen LogP contribution in [0.2, 0.25) is 0 Å². The van der Waals surface area contributed by atoms with E-state index in [2.05, 4.69) is 17.5 Å². The van der Waals surface area contributed by atoms with Crippen molar-refractivity contribution >= 4 is 17.8 Å². The molecular formula is C24H31N3O4. The number of nitrogens with one attached hydrogen (secondary N) is 1. The van der Waals surface area contributed by atoms with E-state index in [1.807, 2.05) is 0 Å². The number of benzene rings is 2. The summed E-state index contributed by atoms with van der Waals surface area (Å²) in [6.07, 6.45) is 11.4. The first-order chi connectivity index (χ1) is 15.1. The van der Waals surface area contributed by atoms with Crippen LogP contribution in [-0.4, -0.2) is 23.7 Å². The highest BCUT2D eigenvalue weighted by molar-refractivity contribution is 5.95. The Morgan fingerprint density at radius 2 is 1.71 bits per heavy atom. The molecule has 7 heteroatoms. The lowest BCUT2D eigenvalue weighted by Gasteiger charge is -2.07. The topological polar surface area (TPSA) is 93.8 Å². The van der Waals surface area contributed by atoms with Crippen LogP contribution in [0.25, 0.3) is 0 Å². The molecule has 0 bridgehead atoms. The molecule has 0 heterocycles. The van der Waals surface area contributed by atoms with Gasteiger partial charge < -0.3 is 4.74 Å². The summed E-state index contributed by atoms with van der Waals surface area (Å²) in [5.41, 5.74) is 3.37. The minimum Gasteiger partial charge on any atom is -0.494 e. The number of nitro benzene ring substituents is 1. The fourth-order valence-electron chi connectivity index (χ4n) is 3.08. The molecule has 0 aliphatic carbocycles. The number of hydrazone groups is 1. The first-order valence-electron chi connectivity index (χ1n) is 10.9. The fraction of sp³-hybridized carbons (Fsp3) is 0.417. The molecule has 2 aromatic rings. The summed E-state index contributed by atoms with van der Waals surface area (Å²) in [5, 5.41) is 14.6. The average Bonchev–Trinajstić information content (AvgIpc) is 2.78. The molecule has 0 spiro atoms. The molecule has 1 N–H and O–H groups in total.